The van der Waals surface area contributed by atoms with E-state index >= 15 is 0 Å². The summed E-state index contributed by atoms with van der Waals surface area (Å²) in [5.74, 6) is 0. The van der Waals surface area contributed by atoms with E-state index in [-0.39, 0.29) is 0 Å². The van der Waals surface area contributed by atoms with Crippen molar-refractivity contribution in [2.75, 3.05) is 20.1 Å². The Morgan fingerprint density at radius 3 is 2.65 bits per heavy atom. The molecule has 2 heteroatoms. The molecule has 0 aromatic heterocycles. The van der Waals surface area contributed by atoms with E-state index in [2.05, 4.69) is 55.4 Å². The summed E-state index contributed by atoms with van der Waals surface area (Å²) in [5.41, 5.74) is 2.75. The van der Waals surface area contributed by atoms with Crippen LogP contribution in [0.4, 0.5) is 0 Å². The van der Waals surface area contributed by atoms with Crippen LogP contribution in [0.1, 0.15) is 56.2 Å². The molecular weight excluding hydrogens is 244 g/mol. The van der Waals surface area contributed by atoms with Crippen molar-refractivity contribution in [3.63, 3.8) is 0 Å². The Morgan fingerprint density at radius 1 is 1.20 bits per heavy atom. The van der Waals surface area contributed by atoms with Crippen LogP contribution in [0.3, 0.4) is 0 Å². The molecule has 2 atom stereocenters. The fourth-order valence-corrected chi connectivity index (χ4v) is 3.24. The van der Waals surface area contributed by atoms with E-state index in [4.69, 9.17) is 0 Å². The molecule has 1 N–H and O–H groups in total. The third kappa shape index (κ3) is 4.32. The highest BCUT2D eigenvalue weighted by molar-refractivity contribution is 5.24. The van der Waals surface area contributed by atoms with Gasteiger partial charge in [-0.1, -0.05) is 42.7 Å². The van der Waals surface area contributed by atoms with E-state index in [1.54, 1.807) is 0 Å². The van der Waals surface area contributed by atoms with Crippen molar-refractivity contribution in [1.29, 1.82) is 0 Å². The molecule has 2 unspecified atom stereocenters. The Bertz CT molecular complexity index is 385. The van der Waals surface area contributed by atoms with Gasteiger partial charge in [0.1, 0.15) is 0 Å². The average molecular weight is 274 g/mol. The summed E-state index contributed by atoms with van der Waals surface area (Å²) in [6.45, 7) is 7.04. The van der Waals surface area contributed by atoms with Gasteiger partial charge < -0.3 is 10.2 Å². The Labute approximate surface area is 124 Å². The molecule has 0 saturated carbocycles. The van der Waals surface area contributed by atoms with Crippen molar-refractivity contribution in [3.05, 3.63) is 35.4 Å². The van der Waals surface area contributed by atoms with Crippen molar-refractivity contribution in [3.8, 4) is 0 Å². The Kier molecular flexibility index (Phi) is 6.06. The molecule has 1 aromatic rings. The summed E-state index contributed by atoms with van der Waals surface area (Å²) < 4.78 is 0. The molecule has 1 saturated heterocycles. The lowest BCUT2D eigenvalue weighted by atomic mass is 10.0. The topological polar surface area (TPSA) is 15.3 Å². The SMILES string of the molecule is CNC(CCN1CCCCCC1C)c1ccc(C)cc1. The minimum absolute atomic E-state index is 0.478. The fourth-order valence-electron chi connectivity index (χ4n) is 3.24. The molecule has 0 radical (unpaired) electrons. The summed E-state index contributed by atoms with van der Waals surface area (Å²) >= 11 is 0. The maximum Gasteiger partial charge on any atom is 0.0329 e. The van der Waals surface area contributed by atoms with Crippen LogP contribution in [0, 0.1) is 6.92 Å². The zero-order valence-corrected chi connectivity index (χ0v) is 13.4. The number of benzene rings is 1. The normalized spacial score (nSPS) is 22.4. The highest BCUT2D eigenvalue weighted by Gasteiger charge is 2.18. The molecule has 112 valence electrons. The second kappa shape index (κ2) is 7.80. The highest BCUT2D eigenvalue weighted by atomic mass is 15.1. The maximum atomic E-state index is 3.48. The molecule has 0 amide bonds. The lowest BCUT2D eigenvalue weighted by molar-refractivity contribution is 0.203. The summed E-state index contributed by atoms with van der Waals surface area (Å²) in [5, 5.41) is 3.48. The molecule has 1 aromatic carbocycles. The van der Waals surface area contributed by atoms with Gasteiger partial charge >= 0.3 is 0 Å². The highest BCUT2D eigenvalue weighted by Crippen LogP contribution is 2.21. The molecular formula is C18H30N2. The Balaban J connectivity index is 1.91. The largest absolute Gasteiger partial charge is 0.313 e. The number of nitrogens with one attached hydrogen (secondary N) is 1. The van der Waals surface area contributed by atoms with Crippen LogP contribution < -0.4 is 5.32 Å². The summed E-state index contributed by atoms with van der Waals surface area (Å²) in [6, 6.07) is 10.2. The number of nitrogens with zero attached hydrogens (tertiary/aromatic N) is 1. The van der Waals surface area contributed by atoms with Crippen molar-refractivity contribution in [2.45, 2.75) is 58.0 Å². The number of likely N-dealkylation sites (tertiary alicyclic amines) is 1. The lowest BCUT2D eigenvalue weighted by Gasteiger charge is -2.29. The fraction of sp³-hybridized carbons (Fsp3) is 0.667. The van der Waals surface area contributed by atoms with Crippen molar-refractivity contribution in [2.24, 2.45) is 0 Å². The molecule has 20 heavy (non-hydrogen) atoms. The first-order chi connectivity index (χ1) is 9.70. The minimum atomic E-state index is 0.478. The zero-order valence-electron chi connectivity index (χ0n) is 13.4. The van der Waals surface area contributed by atoms with Crippen LogP contribution in [0.5, 0.6) is 0 Å². The predicted molar refractivity (Wildman–Crippen MR) is 87.1 cm³/mol. The third-order valence-corrected chi connectivity index (χ3v) is 4.72. The van der Waals surface area contributed by atoms with E-state index in [1.807, 2.05) is 0 Å². The predicted octanol–water partition coefficient (Wildman–Crippen LogP) is 3.91. The molecule has 1 aliphatic rings. The summed E-state index contributed by atoms with van der Waals surface area (Å²) in [7, 11) is 2.08. The molecule has 0 bridgehead atoms. The van der Waals surface area contributed by atoms with Crippen LogP contribution in [-0.2, 0) is 0 Å². The molecule has 1 fully saturated rings. The Hall–Kier alpha value is -0.860. The van der Waals surface area contributed by atoms with E-state index in [0.717, 1.165) is 6.04 Å². The van der Waals surface area contributed by atoms with Crippen LogP contribution in [0.2, 0.25) is 0 Å². The van der Waals surface area contributed by atoms with Crippen molar-refractivity contribution < 1.29 is 0 Å². The molecule has 1 heterocycles. The average Bonchev–Trinajstić information content (AvgIpc) is 2.66. The van der Waals surface area contributed by atoms with Gasteiger partial charge in [-0.25, -0.2) is 0 Å². The van der Waals surface area contributed by atoms with Crippen LogP contribution in [-0.4, -0.2) is 31.1 Å². The van der Waals surface area contributed by atoms with Gasteiger partial charge in [0.15, 0.2) is 0 Å². The van der Waals surface area contributed by atoms with Gasteiger partial charge in [-0.05, 0) is 52.3 Å². The van der Waals surface area contributed by atoms with Gasteiger partial charge in [-0.15, -0.1) is 0 Å². The monoisotopic (exact) mass is 274 g/mol. The second-order valence-electron chi connectivity index (χ2n) is 6.27. The number of hydrogen-bond acceptors (Lipinski definition) is 2. The van der Waals surface area contributed by atoms with Gasteiger partial charge in [-0.3, -0.25) is 0 Å². The van der Waals surface area contributed by atoms with E-state index in [0.29, 0.717) is 6.04 Å². The van der Waals surface area contributed by atoms with Gasteiger partial charge in [0.2, 0.25) is 0 Å². The van der Waals surface area contributed by atoms with Gasteiger partial charge in [0.25, 0.3) is 0 Å². The van der Waals surface area contributed by atoms with Gasteiger partial charge in [0, 0.05) is 18.6 Å². The number of rotatable bonds is 5. The van der Waals surface area contributed by atoms with Crippen LogP contribution >= 0.6 is 0 Å². The lowest BCUT2D eigenvalue weighted by Crippen LogP contribution is -2.35. The first-order valence-corrected chi connectivity index (χ1v) is 8.18. The molecule has 2 rings (SSSR count). The van der Waals surface area contributed by atoms with E-state index in [1.165, 1.54) is 56.3 Å². The standard InChI is InChI=1S/C18H30N2/c1-15-8-10-17(11-9-15)18(19-3)12-14-20-13-6-4-5-7-16(20)2/h8-11,16,18-19H,4-7,12-14H2,1-3H3. The summed E-state index contributed by atoms with van der Waals surface area (Å²) in [4.78, 5) is 2.69. The van der Waals surface area contributed by atoms with Crippen LogP contribution in [0.15, 0.2) is 24.3 Å². The number of aryl methyl sites for hydroxylation is 1. The van der Waals surface area contributed by atoms with Gasteiger partial charge in [0.05, 0.1) is 0 Å². The first kappa shape index (κ1) is 15.5. The molecule has 2 nitrogen and oxygen atoms in total. The zero-order chi connectivity index (χ0) is 14.4. The molecule has 0 aliphatic carbocycles. The maximum absolute atomic E-state index is 3.48. The van der Waals surface area contributed by atoms with E-state index < -0.39 is 0 Å². The van der Waals surface area contributed by atoms with Crippen LogP contribution in [0.25, 0.3) is 0 Å². The van der Waals surface area contributed by atoms with Crippen molar-refractivity contribution in [1.82, 2.24) is 10.2 Å². The third-order valence-electron chi connectivity index (χ3n) is 4.72. The molecule has 0 spiro atoms. The Morgan fingerprint density at radius 2 is 1.95 bits per heavy atom. The second-order valence-corrected chi connectivity index (χ2v) is 6.27. The quantitative estimate of drug-likeness (QED) is 0.875. The van der Waals surface area contributed by atoms with Gasteiger partial charge in [-0.2, -0.15) is 0 Å². The number of hydrogen-bond donors (Lipinski definition) is 1. The minimum Gasteiger partial charge on any atom is -0.313 e. The molecule has 1 aliphatic heterocycles. The smallest absolute Gasteiger partial charge is 0.0329 e. The van der Waals surface area contributed by atoms with E-state index in [9.17, 15) is 0 Å². The first-order valence-electron chi connectivity index (χ1n) is 8.18. The van der Waals surface area contributed by atoms with Crippen molar-refractivity contribution >= 4 is 0 Å². The summed E-state index contributed by atoms with van der Waals surface area (Å²) in [6.07, 6.45) is 6.76.